The minimum absolute atomic E-state index is 0.0332. The number of nitrogens with zero attached hydrogens (tertiary/aromatic N) is 1. The average Bonchev–Trinajstić information content (AvgIpc) is 2.96. The summed E-state index contributed by atoms with van der Waals surface area (Å²) in [5, 5.41) is 11.8. The maximum absolute atomic E-state index is 12.4. The largest absolute Gasteiger partial charge is 0.481 e. The Morgan fingerprint density at radius 1 is 1.21 bits per heavy atom. The van der Waals surface area contributed by atoms with Crippen LogP contribution < -0.4 is 5.32 Å². The van der Waals surface area contributed by atoms with Crippen molar-refractivity contribution in [3.05, 3.63) is 0 Å². The van der Waals surface area contributed by atoms with Crippen molar-refractivity contribution in [2.24, 2.45) is 5.92 Å². The predicted octanol–water partition coefficient (Wildman–Crippen LogP) is 2.46. The average molecular weight is 270 g/mol. The van der Waals surface area contributed by atoms with Crippen LogP contribution in [0, 0.1) is 5.92 Å². The Hall–Kier alpha value is -1.26. The van der Waals surface area contributed by atoms with Crippen LogP contribution in [0.4, 0.5) is 4.79 Å². The number of carboxylic acids is 1. The fourth-order valence-corrected chi connectivity index (χ4v) is 2.20. The van der Waals surface area contributed by atoms with E-state index in [1.807, 2.05) is 34.6 Å². The topological polar surface area (TPSA) is 69.6 Å². The standard InChI is InChI=1S/C14H26N2O3/c1-13(2,3)16(9-8-11(17)18)12(19)15-14(4,5)10-6-7-10/h10H,6-9H2,1-5H3,(H,15,19)(H,17,18). The molecule has 5 heteroatoms. The van der Waals surface area contributed by atoms with Crippen LogP contribution in [0.15, 0.2) is 0 Å². The Labute approximate surface area is 115 Å². The highest BCUT2D eigenvalue weighted by Gasteiger charge is 2.40. The summed E-state index contributed by atoms with van der Waals surface area (Å²) < 4.78 is 0. The Kier molecular flexibility index (Phi) is 4.48. The van der Waals surface area contributed by atoms with Gasteiger partial charge in [0, 0.05) is 17.6 Å². The Bertz CT molecular complexity index is 354. The molecule has 0 saturated heterocycles. The van der Waals surface area contributed by atoms with Crippen LogP contribution in [-0.4, -0.2) is 39.6 Å². The molecule has 1 fully saturated rings. The highest BCUT2D eigenvalue weighted by Crippen LogP contribution is 2.39. The van der Waals surface area contributed by atoms with Crippen molar-refractivity contribution in [1.29, 1.82) is 0 Å². The van der Waals surface area contributed by atoms with Crippen LogP contribution in [-0.2, 0) is 4.79 Å². The van der Waals surface area contributed by atoms with Gasteiger partial charge >= 0.3 is 12.0 Å². The zero-order valence-corrected chi connectivity index (χ0v) is 12.6. The lowest BCUT2D eigenvalue weighted by molar-refractivity contribution is -0.137. The number of carbonyl (C=O) groups excluding carboxylic acids is 1. The van der Waals surface area contributed by atoms with Gasteiger partial charge in [-0.3, -0.25) is 4.79 Å². The molecule has 2 N–H and O–H groups in total. The van der Waals surface area contributed by atoms with Gasteiger partial charge in [-0.05, 0) is 53.4 Å². The van der Waals surface area contributed by atoms with Gasteiger partial charge in [-0.1, -0.05) is 0 Å². The maximum atomic E-state index is 12.4. The van der Waals surface area contributed by atoms with E-state index in [4.69, 9.17) is 5.11 Å². The van der Waals surface area contributed by atoms with Gasteiger partial charge in [-0.2, -0.15) is 0 Å². The van der Waals surface area contributed by atoms with E-state index < -0.39 is 5.97 Å². The summed E-state index contributed by atoms with van der Waals surface area (Å²) in [6.07, 6.45) is 2.27. The fourth-order valence-electron chi connectivity index (χ4n) is 2.20. The molecule has 0 heterocycles. The molecule has 0 aromatic heterocycles. The fraction of sp³-hybridized carbons (Fsp3) is 0.857. The SMILES string of the molecule is CC(C)(NC(=O)N(CCC(=O)O)C(C)(C)C)C1CC1. The molecule has 0 aliphatic heterocycles. The molecule has 0 unspecified atom stereocenters. The summed E-state index contributed by atoms with van der Waals surface area (Å²) in [6, 6.07) is -0.175. The molecule has 2 amide bonds. The first-order valence-corrected chi connectivity index (χ1v) is 6.85. The number of carbonyl (C=O) groups is 2. The molecule has 110 valence electrons. The summed E-state index contributed by atoms with van der Waals surface area (Å²) in [6.45, 7) is 10.0. The minimum atomic E-state index is -0.886. The summed E-state index contributed by atoms with van der Waals surface area (Å²) >= 11 is 0. The molecule has 0 aromatic rings. The first-order chi connectivity index (χ1) is 8.54. The lowest BCUT2D eigenvalue weighted by atomic mass is 9.98. The first-order valence-electron chi connectivity index (χ1n) is 6.85. The molecular formula is C14H26N2O3. The van der Waals surface area contributed by atoms with Crippen LogP contribution in [0.5, 0.6) is 0 Å². The van der Waals surface area contributed by atoms with Gasteiger partial charge in [0.05, 0.1) is 6.42 Å². The van der Waals surface area contributed by atoms with Crippen molar-refractivity contribution < 1.29 is 14.7 Å². The van der Waals surface area contributed by atoms with Gasteiger partial charge in [0.2, 0.25) is 0 Å². The van der Waals surface area contributed by atoms with E-state index in [1.54, 1.807) is 4.90 Å². The number of amides is 2. The number of hydrogen-bond donors (Lipinski definition) is 2. The number of aliphatic carboxylic acids is 1. The molecular weight excluding hydrogens is 244 g/mol. The molecule has 19 heavy (non-hydrogen) atoms. The van der Waals surface area contributed by atoms with Crippen LogP contribution in [0.1, 0.15) is 53.9 Å². The van der Waals surface area contributed by atoms with Gasteiger partial charge in [0.25, 0.3) is 0 Å². The Balaban J connectivity index is 2.68. The highest BCUT2D eigenvalue weighted by molar-refractivity contribution is 5.77. The second-order valence-electron chi connectivity index (χ2n) is 6.89. The number of nitrogens with one attached hydrogen (secondary N) is 1. The molecule has 1 saturated carbocycles. The molecule has 5 nitrogen and oxygen atoms in total. The van der Waals surface area contributed by atoms with Gasteiger partial charge in [-0.15, -0.1) is 0 Å². The second kappa shape index (κ2) is 5.39. The lowest BCUT2D eigenvalue weighted by Crippen LogP contribution is -2.56. The van der Waals surface area contributed by atoms with Crippen LogP contribution in [0.3, 0.4) is 0 Å². The third-order valence-corrected chi connectivity index (χ3v) is 3.63. The Morgan fingerprint density at radius 3 is 2.11 bits per heavy atom. The number of urea groups is 1. The maximum Gasteiger partial charge on any atom is 0.318 e. The molecule has 1 aliphatic rings. The molecule has 0 spiro atoms. The molecule has 0 atom stereocenters. The van der Waals surface area contributed by atoms with E-state index in [9.17, 15) is 9.59 Å². The highest BCUT2D eigenvalue weighted by atomic mass is 16.4. The van der Waals surface area contributed by atoms with E-state index in [2.05, 4.69) is 5.32 Å². The summed E-state index contributed by atoms with van der Waals surface area (Å²) in [5.41, 5.74) is -0.608. The predicted molar refractivity (Wildman–Crippen MR) is 74.0 cm³/mol. The third kappa shape index (κ3) is 4.73. The molecule has 0 bridgehead atoms. The van der Waals surface area contributed by atoms with Crippen LogP contribution in [0.25, 0.3) is 0 Å². The van der Waals surface area contributed by atoms with Crippen LogP contribution >= 0.6 is 0 Å². The van der Waals surface area contributed by atoms with E-state index >= 15 is 0 Å². The monoisotopic (exact) mass is 270 g/mol. The summed E-state index contributed by atoms with van der Waals surface area (Å²) in [5.74, 6) is -0.346. The molecule has 1 rings (SSSR count). The summed E-state index contributed by atoms with van der Waals surface area (Å²) in [4.78, 5) is 24.7. The van der Waals surface area contributed by atoms with Crippen molar-refractivity contribution >= 4 is 12.0 Å². The van der Waals surface area contributed by atoms with Crippen molar-refractivity contribution in [2.75, 3.05) is 6.54 Å². The quantitative estimate of drug-likeness (QED) is 0.806. The smallest absolute Gasteiger partial charge is 0.318 e. The van der Waals surface area contributed by atoms with E-state index in [0.717, 1.165) is 12.8 Å². The van der Waals surface area contributed by atoms with Crippen molar-refractivity contribution in [2.45, 2.75) is 65.0 Å². The van der Waals surface area contributed by atoms with Crippen molar-refractivity contribution in [1.82, 2.24) is 10.2 Å². The van der Waals surface area contributed by atoms with Gasteiger partial charge < -0.3 is 15.3 Å². The molecule has 1 aliphatic carbocycles. The van der Waals surface area contributed by atoms with Gasteiger partial charge in [0.15, 0.2) is 0 Å². The van der Waals surface area contributed by atoms with Crippen molar-refractivity contribution in [3.63, 3.8) is 0 Å². The Morgan fingerprint density at radius 2 is 1.74 bits per heavy atom. The summed E-state index contributed by atoms with van der Waals surface area (Å²) in [7, 11) is 0. The van der Waals surface area contributed by atoms with E-state index in [-0.39, 0.29) is 30.1 Å². The zero-order chi connectivity index (χ0) is 14.8. The number of hydrogen-bond acceptors (Lipinski definition) is 2. The van der Waals surface area contributed by atoms with Crippen LogP contribution in [0.2, 0.25) is 0 Å². The normalized spacial score (nSPS) is 16.1. The molecule has 0 aromatic carbocycles. The number of carboxylic acid groups (broad SMARTS) is 1. The number of rotatable bonds is 5. The van der Waals surface area contributed by atoms with E-state index in [1.165, 1.54) is 0 Å². The van der Waals surface area contributed by atoms with E-state index in [0.29, 0.717) is 5.92 Å². The van der Waals surface area contributed by atoms with Crippen molar-refractivity contribution in [3.8, 4) is 0 Å². The second-order valence-corrected chi connectivity index (χ2v) is 6.89. The molecule has 0 radical (unpaired) electrons. The third-order valence-electron chi connectivity index (χ3n) is 3.63. The van der Waals surface area contributed by atoms with Gasteiger partial charge in [0.1, 0.15) is 0 Å². The zero-order valence-electron chi connectivity index (χ0n) is 12.6. The first kappa shape index (κ1) is 15.8. The lowest BCUT2D eigenvalue weighted by Gasteiger charge is -2.38. The minimum Gasteiger partial charge on any atom is -0.481 e. The van der Waals surface area contributed by atoms with Gasteiger partial charge in [-0.25, -0.2) is 4.79 Å².